The van der Waals surface area contributed by atoms with Crippen LogP contribution < -0.4 is 0 Å². The average molecular weight is 365 g/mol. The van der Waals surface area contributed by atoms with Gasteiger partial charge in [0.1, 0.15) is 5.60 Å². The standard InChI is InChI=1S/C18H23NO5S/c1-12-14(20)6-5-7-15(12)25(22,23)18-10-8-13(9-11-18)19(18)16(21)24-17(2,3)4/h5,7-8,10,13H,6,9,11H2,1-4H3. The van der Waals surface area contributed by atoms with Crippen molar-refractivity contribution in [3.05, 3.63) is 34.8 Å². The SMILES string of the molecule is CC1=C(S(=O)(=O)C23C=CC(CC2)N3C(=O)OC(C)(C)C)C=CCC1=O. The molecule has 1 aliphatic carbocycles. The maximum absolute atomic E-state index is 13.4. The second-order valence-electron chi connectivity index (χ2n) is 7.68. The highest BCUT2D eigenvalue weighted by Crippen LogP contribution is 2.48. The van der Waals surface area contributed by atoms with E-state index in [2.05, 4.69) is 0 Å². The van der Waals surface area contributed by atoms with Gasteiger partial charge in [0.15, 0.2) is 10.7 Å². The van der Waals surface area contributed by atoms with E-state index in [9.17, 15) is 18.0 Å². The number of ketones is 1. The van der Waals surface area contributed by atoms with Gasteiger partial charge in [-0.1, -0.05) is 12.2 Å². The lowest BCUT2D eigenvalue weighted by molar-refractivity contribution is -0.114. The fourth-order valence-corrected chi connectivity index (χ4v) is 5.90. The van der Waals surface area contributed by atoms with Crippen LogP contribution in [0, 0.1) is 0 Å². The summed E-state index contributed by atoms with van der Waals surface area (Å²) >= 11 is 0. The van der Waals surface area contributed by atoms with Crippen LogP contribution in [0.3, 0.4) is 0 Å². The van der Waals surface area contributed by atoms with Crippen molar-refractivity contribution in [3.8, 4) is 0 Å². The zero-order chi connectivity index (χ0) is 18.6. The molecular weight excluding hydrogens is 342 g/mol. The van der Waals surface area contributed by atoms with Gasteiger partial charge in [-0.15, -0.1) is 0 Å². The Hall–Kier alpha value is -1.89. The largest absolute Gasteiger partial charge is 0.444 e. The lowest BCUT2D eigenvalue weighted by atomic mass is 10.1. The second-order valence-corrected chi connectivity index (χ2v) is 9.84. The summed E-state index contributed by atoms with van der Waals surface area (Å²) in [6.07, 6.45) is 6.77. The van der Waals surface area contributed by atoms with E-state index in [-0.39, 0.29) is 28.7 Å². The Bertz CT molecular complexity index is 828. The molecule has 2 bridgehead atoms. The van der Waals surface area contributed by atoms with Crippen molar-refractivity contribution in [1.82, 2.24) is 4.90 Å². The monoisotopic (exact) mass is 365 g/mol. The van der Waals surface area contributed by atoms with E-state index < -0.39 is 26.4 Å². The third-order valence-corrected chi connectivity index (χ3v) is 7.31. The van der Waals surface area contributed by atoms with Crippen LogP contribution in [0.25, 0.3) is 0 Å². The van der Waals surface area contributed by atoms with Crippen molar-refractivity contribution in [1.29, 1.82) is 0 Å². The Morgan fingerprint density at radius 2 is 2.04 bits per heavy atom. The predicted molar refractivity (Wildman–Crippen MR) is 93.3 cm³/mol. The number of carbonyl (C=O) groups is 2. The molecule has 136 valence electrons. The number of allylic oxidation sites excluding steroid dienone is 3. The van der Waals surface area contributed by atoms with E-state index in [1.165, 1.54) is 17.9 Å². The third kappa shape index (κ3) is 2.65. The molecule has 3 aliphatic rings. The quantitative estimate of drug-likeness (QED) is 0.703. The number of amides is 1. The summed E-state index contributed by atoms with van der Waals surface area (Å²) in [7, 11) is -3.95. The second kappa shape index (κ2) is 5.56. The van der Waals surface area contributed by atoms with Crippen molar-refractivity contribution >= 4 is 21.7 Å². The Balaban J connectivity index is 2.06. The Morgan fingerprint density at radius 1 is 1.36 bits per heavy atom. The van der Waals surface area contributed by atoms with Crippen LogP contribution in [-0.4, -0.2) is 41.7 Å². The van der Waals surface area contributed by atoms with E-state index >= 15 is 0 Å². The smallest absolute Gasteiger partial charge is 0.412 e. The summed E-state index contributed by atoms with van der Waals surface area (Å²) in [5.41, 5.74) is -0.496. The first-order valence-corrected chi connectivity index (χ1v) is 9.85. The number of carbonyl (C=O) groups excluding carboxylic acids is 2. The van der Waals surface area contributed by atoms with Gasteiger partial charge in [0.05, 0.1) is 10.9 Å². The normalized spacial score (nSPS) is 28.9. The van der Waals surface area contributed by atoms with Gasteiger partial charge >= 0.3 is 6.09 Å². The highest BCUT2D eigenvalue weighted by atomic mass is 32.2. The maximum atomic E-state index is 13.4. The first-order chi connectivity index (χ1) is 11.5. The minimum atomic E-state index is -3.95. The Kier molecular flexibility index (Phi) is 3.98. The van der Waals surface area contributed by atoms with Gasteiger partial charge < -0.3 is 4.74 Å². The summed E-state index contributed by atoms with van der Waals surface area (Å²) in [6, 6.07) is -0.297. The molecule has 0 aromatic carbocycles. The number of rotatable bonds is 2. The molecule has 25 heavy (non-hydrogen) atoms. The minimum Gasteiger partial charge on any atom is -0.444 e. The minimum absolute atomic E-state index is 0.00417. The molecule has 0 spiro atoms. The van der Waals surface area contributed by atoms with E-state index in [4.69, 9.17) is 4.74 Å². The molecule has 1 saturated heterocycles. The van der Waals surface area contributed by atoms with Gasteiger partial charge in [-0.2, -0.15) is 0 Å². The molecule has 0 N–H and O–H groups in total. The van der Waals surface area contributed by atoms with Crippen LogP contribution in [0.1, 0.15) is 47.0 Å². The zero-order valence-corrected chi connectivity index (χ0v) is 15.7. The third-order valence-electron chi connectivity index (χ3n) is 4.82. The van der Waals surface area contributed by atoms with E-state index in [0.29, 0.717) is 12.8 Å². The van der Waals surface area contributed by atoms with Gasteiger partial charge in [0.2, 0.25) is 9.84 Å². The van der Waals surface area contributed by atoms with Crippen LogP contribution >= 0.6 is 0 Å². The molecule has 2 unspecified atom stereocenters. The van der Waals surface area contributed by atoms with Gasteiger partial charge in [-0.05, 0) is 52.7 Å². The first-order valence-electron chi connectivity index (χ1n) is 8.36. The lowest BCUT2D eigenvalue weighted by Gasteiger charge is -2.35. The molecule has 2 aliphatic heterocycles. The molecule has 2 heterocycles. The number of nitrogens with zero attached hydrogens (tertiary/aromatic N) is 1. The van der Waals surface area contributed by atoms with Crippen LogP contribution in [0.2, 0.25) is 0 Å². The molecular formula is C18H23NO5S. The number of hydrogen-bond donors (Lipinski definition) is 0. The van der Waals surface area contributed by atoms with Gasteiger partial charge in [0, 0.05) is 12.0 Å². The molecule has 7 heteroatoms. The van der Waals surface area contributed by atoms with Crippen molar-refractivity contribution in [2.24, 2.45) is 0 Å². The van der Waals surface area contributed by atoms with E-state index in [1.807, 2.05) is 0 Å². The molecule has 3 rings (SSSR count). The topological polar surface area (TPSA) is 80.8 Å². The van der Waals surface area contributed by atoms with Crippen LogP contribution in [0.4, 0.5) is 4.79 Å². The fraction of sp³-hybridized carbons (Fsp3) is 0.556. The number of hydrogen-bond acceptors (Lipinski definition) is 5. The van der Waals surface area contributed by atoms with Crippen LogP contribution in [0.15, 0.2) is 34.8 Å². The van der Waals surface area contributed by atoms with Crippen LogP contribution in [0.5, 0.6) is 0 Å². The molecule has 0 radical (unpaired) electrons. The number of fused-ring (bicyclic) bond motifs is 2. The zero-order valence-electron chi connectivity index (χ0n) is 14.9. The first kappa shape index (κ1) is 17.9. The average Bonchev–Trinajstić information content (AvgIpc) is 3.05. The van der Waals surface area contributed by atoms with Crippen molar-refractivity contribution in [2.75, 3.05) is 0 Å². The summed E-state index contributed by atoms with van der Waals surface area (Å²) < 4.78 is 32.3. The summed E-state index contributed by atoms with van der Waals surface area (Å²) in [5, 5.41) is 0. The molecule has 0 aromatic heterocycles. The number of ether oxygens (including phenoxy) is 1. The van der Waals surface area contributed by atoms with Gasteiger partial charge in [-0.3, -0.25) is 9.69 Å². The molecule has 0 aromatic rings. The number of Topliss-reactive ketones (excluding diaryl/α,β-unsaturated/α-hetero) is 1. The van der Waals surface area contributed by atoms with Gasteiger partial charge in [-0.25, -0.2) is 13.2 Å². The molecule has 0 saturated carbocycles. The van der Waals surface area contributed by atoms with E-state index in [0.717, 1.165) is 0 Å². The van der Waals surface area contributed by atoms with Crippen molar-refractivity contribution in [3.63, 3.8) is 0 Å². The molecule has 6 nitrogen and oxygen atoms in total. The Morgan fingerprint density at radius 3 is 2.60 bits per heavy atom. The van der Waals surface area contributed by atoms with Crippen molar-refractivity contribution < 1.29 is 22.7 Å². The highest BCUT2D eigenvalue weighted by molar-refractivity contribution is 7.97. The maximum Gasteiger partial charge on any atom is 0.412 e. The van der Waals surface area contributed by atoms with Gasteiger partial charge in [0.25, 0.3) is 0 Å². The summed E-state index contributed by atoms with van der Waals surface area (Å²) in [5.74, 6) is -0.210. The van der Waals surface area contributed by atoms with Crippen LogP contribution in [-0.2, 0) is 19.4 Å². The molecule has 1 amide bonds. The summed E-state index contributed by atoms with van der Waals surface area (Å²) in [6.45, 7) is 6.75. The predicted octanol–water partition coefficient (Wildman–Crippen LogP) is 2.87. The Labute approximate surface area is 148 Å². The number of sulfone groups is 1. The summed E-state index contributed by atoms with van der Waals surface area (Å²) in [4.78, 5) is 24.5. The molecule has 2 atom stereocenters. The lowest BCUT2D eigenvalue weighted by Crippen LogP contribution is -2.52. The highest BCUT2D eigenvalue weighted by Gasteiger charge is 2.60. The fourth-order valence-electron chi connectivity index (χ4n) is 3.62. The molecule has 1 fully saturated rings. The van der Waals surface area contributed by atoms with Crippen molar-refractivity contribution in [2.45, 2.75) is 63.5 Å². The van der Waals surface area contributed by atoms with E-state index in [1.54, 1.807) is 39.0 Å².